The Morgan fingerprint density at radius 1 is 0.605 bits per heavy atom. The molecule has 0 spiro atoms. The van der Waals surface area contributed by atoms with E-state index < -0.39 is 0 Å². The molecule has 7 rings (SSSR count). The normalized spacial score (nSPS) is 12.2. The Labute approximate surface area is 222 Å². The Balaban J connectivity index is 1.76. The third kappa shape index (κ3) is 3.24. The predicted molar refractivity (Wildman–Crippen MR) is 159 cm³/mol. The van der Waals surface area contributed by atoms with Gasteiger partial charge in [-0.15, -0.1) is 0 Å². The largest absolute Gasteiger partial charge is 0.436 e. The van der Waals surface area contributed by atoms with E-state index >= 15 is 0 Å². The Morgan fingerprint density at radius 3 is 1.79 bits per heavy atom. The van der Waals surface area contributed by atoms with Gasteiger partial charge in [-0.05, 0) is 39.1 Å². The molecule has 0 unspecified atom stereocenters. The van der Waals surface area contributed by atoms with Crippen LogP contribution in [0.1, 0.15) is 50.7 Å². The number of hydrogen-bond acceptors (Lipinski definition) is 2. The van der Waals surface area contributed by atoms with Crippen molar-refractivity contribution in [3.63, 3.8) is 0 Å². The highest BCUT2D eigenvalue weighted by Gasteiger charge is 2.27. The van der Waals surface area contributed by atoms with E-state index in [0.717, 1.165) is 33.3 Å². The van der Waals surface area contributed by atoms with Gasteiger partial charge in [-0.25, -0.2) is 0 Å². The van der Waals surface area contributed by atoms with Crippen molar-refractivity contribution < 1.29 is 4.42 Å². The van der Waals surface area contributed by atoms with Gasteiger partial charge >= 0.3 is 0 Å². The van der Waals surface area contributed by atoms with Crippen molar-refractivity contribution in [3.05, 3.63) is 108 Å². The number of aromatic nitrogens is 2. The minimum Gasteiger partial charge on any atom is -0.436 e. The first-order valence-corrected chi connectivity index (χ1v) is 13.5. The topological polar surface area (TPSA) is 31.0 Å². The second-order valence-electron chi connectivity index (χ2n) is 10.8. The van der Waals surface area contributed by atoms with Gasteiger partial charge in [-0.1, -0.05) is 125 Å². The summed E-state index contributed by atoms with van der Waals surface area (Å²) in [7, 11) is 0. The summed E-state index contributed by atoms with van der Waals surface area (Å²) in [5.41, 5.74) is 7.53. The molecule has 3 heteroatoms. The Bertz CT molecular complexity index is 1910. The van der Waals surface area contributed by atoms with Crippen LogP contribution in [-0.4, -0.2) is 9.55 Å². The van der Waals surface area contributed by atoms with Crippen molar-refractivity contribution in [2.75, 3.05) is 0 Å². The molecule has 0 atom stereocenters. The molecule has 0 amide bonds. The van der Waals surface area contributed by atoms with Gasteiger partial charge in [0.25, 0.3) is 0 Å². The number of furan rings is 1. The Hall–Kier alpha value is -4.37. The molecule has 0 aliphatic carbocycles. The number of imidazole rings is 1. The maximum Gasteiger partial charge on any atom is 0.246 e. The van der Waals surface area contributed by atoms with Crippen molar-refractivity contribution in [1.82, 2.24) is 9.55 Å². The van der Waals surface area contributed by atoms with Crippen molar-refractivity contribution in [2.24, 2.45) is 0 Å². The molecule has 0 aliphatic heterocycles. The molecule has 0 bridgehead atoms. The van der Waals surface area contributed by atoms with Crippen molar-refractivity contribution >= 4 is 43.7 Å². The van der Waals surface area contributed by atoms with Crippen molar-refractivity contribution in [2.45, 2.75) is 39.5 Å². The van der Waals surface area contributed by atoms with E-state index in [2.05, 4.69) is 129 Å². The highest BCUT2D eigenvalue weighted by molar-refractivity contribution is 6.29. The standard InChI is InChI=1S/C35H30N2O/c1-21(2)24-19-12-20-25(22(3)4)31(24)37-32-30-28-17-10-8-15-26(28)27-16-9-11-18-29(27)33(30)38-35(32)36-34(37)23-13-6-5-7-14-23/h5-22H,1-4H3. The van der Waals surface area contributed by atoms with Crippen LogP contribution in [0.5, 0.6) is 0 Å². The molecule has 0 saturated heterocycles. The van der Waals surface area contributed by atoms with Crippen LogP contribution in [-0.2, 0) is 0 Å². The molecular formula is C35H30N2O. The maximum absolute atomic E-state index is 6.71. The van der Waals surface area contributed by atoms with Gasteiger partial charge < -0.3 is 4.42 Å². The molecule has 38 heavy (non-hydrogen) atoms. The lowest BCUT2D eigenvalue weighted by Gasteiger charge is -2.22. The second-order valence-corrected chi connectivity index (χ2v) is 10.8. The van der Waals surface area contributed by atoms with E-state index in [1.54, 1.807) is 0 Å². The molecule has 2 heterocycles. The lowest BCUT2D eigenvalue weighted by molar-refractivity contribution is 0.660. The molecule has 5 aromatic carbocycles. The molecule has 0 N–H and O–H groups in total. The SMILES string of the molecule is CC(C)c1cccc(C(C)C)c1-n1c(-c2ccccc2)nc2oc3c4ccccc4c4ccccc4c3c21. The van der Waals surface area contributed by atoms with E-state index in [4.69, 9.17) is 9.40 Å². The van der Waals surface area contributed by atoms with E-state index in [1.165, 1.54) is 33.0 Å². The van der Waals surface area contributed by atoms with Crippen LogP contribution >= 0.6 is 0 Å². The van der Waals surface area contributed by atoms with Crippen molar-refractivity contribution in [1.29, 1.82) is 0 Å². The van der Waals surface area contributed by atoms with Gasteiger partial charge in [-0.2, -0.15) is 4.98 Å². The zero-order valence-corrected chi connectivity index (χ0v) is 22.2. The highest BCUT2D eigenvalue weighted by atomic mass is 16.3. The van der Waals surface area contributed by atoms with E-state index in [-0.39, 0.29) is 0 Å². The molecule has 0 aliphatic rings. The first-order valence-electron chi connectivity index (χ1n) is 13.5. The molecule has 0 fully saturated rings. The fraction of sp³-hybridized carbons (Fsp3) is 0.171. The van der Waals surface area contributed by atoms with Gasteiger partial charge in [0, 0.05) is 10.9 Å². The van der Waals surface area contributed by atoms with E-state index in [1.807, 2.05) is 0 Å². The maximum atomic E-state index is 6.71. The van der Waals surface area contributed by atoms with Gasteiger partial charge in [0.05, 0.1) is 11.1 Å². The number of hydrogen-bond donors (Lipinski definition) is 0. The molecule has 0 radical (unpaired) electrons. The van der Waals surface area contributed by atoms with Gasteiger partial charge in [0.1, 0.15) is 16.9 Å². The third-order valence-corrected chi connectivity index (χ3v) is 7.76. The molecule has 7 aromatic rings. The quantitative estimate of drug-likeness (QED) is 0.228. The summed E-state index contributed by atoms with van der Waals surface area (Å²) in [5, 5.41) is 5.86. The van der Waals surface area contributed by atoms with Crippen LogP contribution in [0.3, 0.4) is 0 Å². The zero-order valence-electron chi connectivity index (χ0n) is 22.2. The highest BCUT2D eigenvalue weighted by Crippen LogP contribution is 2.45. The predicted octanol–water partition coefficient (Wildman–Crippen LogP) is 9.99. The summed E-state index contributed by atoms with van der Waals surface area (Å²) < 4.78 is 9.10. The second kappa shape index (κ2) is 8.59. The van der Waals surface area contributed by atoms with Gasteiger partial charge in [-0.3, -0.25) is 4.57 Å². The number of fused-ring (bicyclic) bond motifs is 8. The first kappa shape index (κ1) is 22.8. The third-order valence-electron chi connectivity index (χ3n) is 7.76. The number of rotatable bonds is 4. The minimum atomic E-state index is 0.348. The number of benzene rings is 5. The summed E-state index contributed by atoms with van der Waals surface area (Å²) >= 11 is 0. The van der Waals surface area contributed by atoms with Gasteiger partial charge in [0.2, 0.25) is 5.71 Å². The van der Waals surface area contributed by atoms with E-state index in [0.29, 0.717) is 17.5 Å². The molecule has 0 saturated carbocycles. The van der Waals surface area contributed by atoms with Crippen LogP contribution in [0.2, 0.25) is 0 Å². The Kier molecular flexibility index (Phi) is 5.16. The smallest absolute Gasteiger partial charge is 0.246 e. The number of para-hydroxylation sites is 1. The van der Waals surface area contributed by atoms with Crippen molar-refractivity contribution in [3.8, 4) is 17.1 Å². The molecular weight excluding hydrogens is 464 g/mol. The lowest BCUT2D eigenvalue weighted by atomic mass is 9.92. The monoisotopic (exact) mass is 494 g/mol. The lowest BCUT2D eigenvalue weighted by Crippen LogP contribution is -2.08. The van der Waals surface area contributed by atoms with Gasteiger partial charge in [0.15, 0.2) is 0 Å². The number of nitrogens with zero attached hydrogens (tertiary/aromatic N) is 2. The zero-order chi connectivity index (χ0) is 26.0. The average molecular weight is 495 g/mol. The summed E-state index contributed by atoms with van der Waals surface area (Å²) in [6.45, 7) is 9.09. The average Bonchev–Trinajstić information content (AvgIpc) is 3.50. The fourth-order valence-electron chi connectivity index (χ4n) is 6.01. The van der Waals surface area contributed by atoms with Crippen LogP contribution in [0, 0.1) is 0 Å². The first-order chi connectivity index (χ1) is 18.5. The van der Waals surface area contributed by atoms with Crippen LogP contribution in [0.4, 0.5) is 0 Å². The van der Waals surface area contributed by atoms with Crippen LogP contribution < -0.4 is 0 Å². The van der Waals surface area contributed by atoms with E-state index in [9.17, 15) is 0 Å². The minimum absolute atomic E-state index is 0.348. The fourth-order valence-corrected chi connectivity index (χ4v) is 6.01. The summed E-state index contributed by atoms with van der Waals surface area (Å²) in [4.78, 5) is 5.21. The molecule has 3 nitrogen and oxygen atoms in total. The summed E-state index contributed by atoms with van der Waals surface area (Å²) in [5.74, 6) is 1.61. The van der Waals surface area contributed by atoms with Crippen LogP contribution in [0.25, 0.3) is 60.8 Å². The summed E-state index contributed by atoms with van der Waals surface area (Å²) in [6, 6.07) is 34.4. The molecule has 186 valence electrons. The Morgan fingerprint density at radius 2 is 1.16 bits per heavy atom. The summed E-state index contributed by atoms with van der Waals surface area (Å²) in [6.07, 6.45) is 0. The molecule has 2 aromatic heterocycles. The van der Waals surface area contributed by atoms with Crippen LogP contribution in [0.15, 0.2) is 101 Å².